The van der Waals surface area contributed by atoms with Crippen molar-refractivity contribution in [2.75, 3.05) is 6.61 Å². The highest BCUT2D eigenvalue weighted by Crippen LogP contribution is 2.29. The third kappa shape index (κ3) is 3.99. The maximum atomic E-state index is 5.97. The quantitative estimate of drug-likeness (QED) is 0.687. The van der Waals surface area contributed by atoms with Crippen molar-refractivity contribution in [3.8, 4) is 5.75 Å². The van der Waals surface area contributed by atoms with Crippen LogP contribution in [0.2, 0.25) is 0 Å². The van der Waals surface area contributed by atoms with Crippen LogP contribution in [0.25, 0.3) is 0 Å². The number of hydrogen-bond acceptors (Lipinski definition) is 1. The molecule has 0 bridgehead atoms. The lowest BCUT2D eigenvalue weighted by molar-refractivity contribution is 0.317. The molecule has 0 saturated carbocycles. The molecule has 0 aliphatic carbocycles. The van der Waals surface area contributed by atoms with Gasteiger partial charge >= 0.3 is 0 Å². The first kappa shape index (κ1) is 14.4. The van der Waals surface area contributed by atoms with Crippen LogP contribution in [0.3, 0.4) is 0 Å². The molecule has 100 valence electrons. The summed E-state index contributed by atoms with van der Waals surface area (Å²) in [4.78, 5) is 0. The van der Waals surface area contributed by atoms with Gasteiger partial charge in [-0.05, 0) is 30.2 Å². The van der Waals surface area contributed by atoms with E-state index in [1.165, 1.54) is 5.56 Å². The van der Waals surface area contributed by atoms with Crippen molar-refractivity contribution in [3.05, 3.63) is 63.6 Å². The SMILES string of the molecule is Cc1cc(Br)cc(CCl)c1OCCc1ccccc1. The molecule has 0 unspecified atom stereocenters. The van der Waals surface area contributed by atoms with Crippen LogP contribution in [-0.4, -0.2) is 6.61 Å². The number of rotatable bonds is 5. The van der Waals surface area contributed by atoms with E-state index in [2.05, 4.69) is 28.1 Å². The molecular formula is C16H16BrClO. The molecule has 0 aliphatic heterocycles. The van der Waals surface area contributed by atoms with Gasteiger partial charge in [0, 0.05) is 16.5 Å². The second kappa shape index (κ2) is 6.97. The minimum absolute atomic E-state index is 0.459. The molecule has 0 spiro atoms. The highest BCUT2D eigenvalue weighted by atomic mass is 79.9. The number of hydrogen-bond donors (Lipinski definition) is 0. The fraction of sp³-hybridized carbons (Fsp3) is 0.250. The zero-order chi connectivity index (χ0) is 13.7. The lowest BCUT2D eigenvalue weighted by atomic mass is 10.1. The van der Waals surface area contributed by atoms with Crippen LogP contribution >= 0.6 is 27.5 Å². The van der Waals surface area contributed by atoms with Crippen LogP contribution in [-0.2, 0) is 12.3 Å². The summed E-state index contributed by atoms with van der Waals surface area (Å²) in [5, 5.41) is 0. The highest BCUT2D eigenvalue weighted by molar-refractivity contribution is 9.10. The second-order valence-electron chi connectivity index (χ2n) is 4.43. The zero-order valence-electron chi connectivity index (χ0n) is 10.8. The lowest BCUT2D eigenvalue weighted by Crippen LogP contribution is -2.04. The van der Waals surface area contributed by atoms with Crippen molar-refractivity contribution in [1.29, 1.82) is 0 Å². The molecular weight excluding hydrogens is 324 g/mol. The molecule has 0 fully saturated rings. The molecule has 2 aromatic carbocycles. The monoisotopic (exact) mass is 338 g/mol. The third-order valence-electron chi connectivity index (χ3n) is 2.94. The largest absolute Gasteiger partial charge is 0.493 e. The van der Waals surface area contributed by atoms with Gasteiger partial charge in [0.1, 0.15) is 5.75 Å². The molecule has 2 aromatic rings. The smallest absolute Gasteiger partial charge is 0.126 e. The Morgan fingerprint density at radius 2 is 1.89 bits per heavy atom. The predicted octanol–water partition coefficient (Wildman–Crippen LogP) is 5.12. The van der Waals surface area contributed by atoms with Gasteiger partial charge in [0.15, 0.2) is 0 Å². The molecule has 0 radical (unpaired) electrons. The van der Waals surface area contributed by atoms with Crippen LogP contribution in [0.1, 0.15) is 16.7 Å². The first-order chi connectivity index (χ1) is 9.20. The van der Waals surface area contributed by atoms with Gasteiger partial charge in [0.25, 0.3) is 0 Å². The summed E-state index contributed by atoms with van der Waals surface area (Å²) < 4.78 is 6.95. The first-order valence-electron chi connectivity index (χ1n) is 6.22. The topological polar surface area (TPSA) is 9.23 Å². The Hall–Kier alpha value is -0.990. The van der Waals surface area contributed by atoms with Crippen molar-refractivity contribution in [1.82, 2.24) is 0 Å². The number of ether oxygens (including phenoxy) is 1. The van der Waals surface area contributed by atoms with Crippen LogP contribution in [0, 0.1) is 6.92 Å². The molecule has 19 heavy (non-hydrogen) atoms. The highest BCUT2D eigenvalue weighted by Gasteiger charge is 2.08. The van der Waals surface area contributed by atoms with Crippen molar-refractivity contribution in [2.24, 2.45) is 0 Å². The molecule has 2 rings (SSSR count). The molecule has 0 aromatic heterocycles. The lowest BCUT2D eigenvalue weighted by Gasteiger charge is -2.13. The molecule has 0 N–H and O–H groups in total. The maximum Gasteiger partial charge on any atom is 0.126 e. The van der Waals surface area contributed by atoms with Gasteiger partial charge in [-0.3, -0.25) is 0 Å². The Labute approximate surface area is 127 Å². The molecule has 1 nitrogen and oxygen atoms in total. The first-order valence-corrected chi connectivity index (χ1v) is 7.55. The van der Waals surface area contributed by atoms with Gasteiger partial charge in [-0.15, -0.1) is 11.6 Å². The van der Waals surface area contributed by atoms with Gasteiger partial charge in [-0.1, -0.05) is 46.3 Å². The number of benzene rings is 2. The third-order valence-corrected chi connectivity index (χ3v) is 3.69. The molecule has 0 heterocycles. The molecule has 0 amide bonds. The van der Waals surface area contributed by atoms with E-state index in [0.29, 0.717) is 12.5 Å². The van der Waals surface area contributed by atoms with E-state index < -0.39 is 0 Å². The maximum absolute atomic E-state index is 5.97. The summed E-state index contributed by atoms with van der Waals surface area (Å²) in [5.41, 5.74) is 3.42. The average molecular weight is 340 g/mol. The van der Waals surface area contributed by atoms with Gasteiger partial charge in [-0.2, -0.15) is 0 Å². The van der Waals surface area contributed by atoms with E-state index in [1.54, 1.807) is 0 Å². The molecule has 0 aliphatic rings. The molecule has 3 heteroatoms. The van der Waals surface area contributed by atoms with Crippen LogP contribution < -0.4 is 4.74 Å². The molecule has 0 saturated heterocycles. The fourth-order valence-corrected chi connectivity index (χ4v) is 2.84. The Kier molecular flexibility index (Phi) is 5.29. The summed E-state index contributed by atoms with van der Waals surface area (Å²) in [6.07, 6.45) is 0.901. The minimum Gasteiger partial charge on any atom is -0.493 e. The summed E-state index contributed by atoms with van der Waals surface area (Å²) in [7, 11) is 0. The van der Waals surface area contributed by atoms with E-state index in [-0.39, 0.29) is 0 Å². The van der Waals surface area contributed by atoms with Crippen molar-refractivity contribution < 1.29 is 4.74 Å². The molecule has 0 atom stereocenters. The Bertz CT molecular complexity index is 540. The van der Waals surface area contributed by atoms with E-state index in [4.69, 9.17) is 16.3 Å². The van der Waals surface area contributed by atoms with E-state index in [0.717, 1.165) is 27.8 Å². The van der Waals surface area contributed by atoms with Crippen LogP contribution in [0.4, 0.5) is 0 Å². The summed E-state index contributed by atoms with van der Waals surface area (Å²) in [6.45, 7) is 2.70. The van der Waals surface area contributed by atoms with Gasteiger partial charge in [-0.25, -0.2) is 0 Å². The number of halogens is 2. The zero-order valence-corrected chi connectivity index (χ0v) is 13.2. The second-order valence-corrected chi connectivity index (χ2v) is 5.61. The van der Waals surface area contributed by atoms with E-state index in [1.807, 2.05) is 37.3 Å². The van der Waals surface area contributed by atoms with Gasteiger partial charge in [0.05, 0.1) is 12.5 Å². The van der Waals surface area contributed by atoms with Crippen LogP contribution in [0.5, 0.6) is 5.75 Å². The van der Waals surface area contributed by atoms with Crippen molar-refractivity contribution in [3.63, 3.8) is 0 Å². The number of aryl methyl sites for hydroxylation is 1. The standard InChI is InChI=1S/C16H16BrClO/c1-12-9-15(17)10-14(11-18)16(12)19-8-7-13-5-3-2-4-6-13/h2-6,9-10H,7-8,11H2,1H3. The predicted molar refractivity (Wildman–Crippen MR) is 84.1 cm³/mol. The van der Waals surface area contributed by atoms with Crippen LogP contribution in [0.15, 0.2) is 46.9 Å². The Morgan fingerprint density at radius 3 is 2.58 bits per heavy atom. The minimum atomic E-state index is 0.459. The fourth-order valence-electron chi connectivity index (χ4n) is 2.02. The van der Waals surface area contributed by atoms with E-state index >= 15 is 0 Å². The van der Waals surface area contributed by atoms with Crippen molar-refractivity contribution in [2.45, 2.75) is 19.2 Å². The number of alkyl halides is 1. The Balaban J connectivity index is 2.03. The van der Waals surface area contributed by atoms with Crippen molar-refractivity contribution >= 4 is 27.5 Å². The Morgan fingerprint density at radius 1 is 1.16 bits per heavy atom. The average Bonchev–Trinajstić information content (AvgIpc) is 2.42. The van der Waals surface area contributed by atoms with Gasteiger partial charge in [0.2, 0.25) is 0 Å². The summed E-state index contributed by atoms with van der Waals surface area (Å²) in [6, 6.07) is 14.4. The van der Waals surface area contributed by atoms with Gasteiger partial charge < -0.3 is 4.74 Å². The van der Waals surface area contributed by atoms with E-state index in [9.17, 15) is 0 Å². The normalized spacial score (nSPS) is 10.5. The summed E-state index contributed by atoms with van der Waals surface area (Å²) >= 11 is 9.45. The summed E-state index contributed by atoms with van der Waals surface area (Å²) in [5.74, 6) is 1.37.